The van der Waals surface area contributed by atoms with Gasteiger partial charge >= 0.3 is 5.97 Å². The summed E-state index contributed by atoms with van der Waals surface area (Å²) in [5.74, 6) is -0.646. The van der Waals surface area contributed by atoms with Crippen molar-refractivity contribution in [3.05, 3.63) is 48.5 Å². The number of alkyl halides is 2. The molecule has 26 heavy (non-hydrogen) atoms. The van der Waals surface area contributed by atoms with Crippen LogP contribution in [0.15, 0.2) is 47.2 Å². The number of esters is 1. The third kappa shape index (κ3) is 2.59. The quantitative estimate of drug-likeness (QED) is 0.518. The van der Waals surface area contributed by atoms with E-state index in [1.54, 1.807) is 0 Å². The number of nitrogens with zero attached hydrogens (tertiary/aromatic N) is 3. The van der Waals surface area contributed by atoms with Crippen LogP contribution in [-0.4, -0.2) is 34.3 Å². The summed E-state index contributed by atoms with van der Waals surface area (Å²) < 4.78 is 37.3. The minimum Gasteiger partial charge on any atom is -0.464 e. The molecule has 8 heteroatoms. The molecule has 0 aliphatic rings. The SMILES string of the molecule is COC(=O)c1cc2c(cn1)c(-c1coc3ccccc13)nn2CC(F)F. The van der Waals surface area contributed by atoms with Gasteiger partial charge in [0, 0.05) is 22.5 Å². The molecule has 6 nitrogen and oxygen atoms in total. The summed E-state index contributed by atoms with van der Waals surface area (Å²) in [6, 6.07) is 8.77. The first-order valence-electron chi connectivity index (χ1n) is 7.78. The number of methoxy groups -OCH3 is 1. The van der Waals surface area contributed by atoms with Gasteiger partial charge in [-0.3, -0.25) is 4.68 Å². The van der Waals surface area contributed by atoms with Crippen LogP contribution < -0.4 is 0 Å². The Balaban J connectivity index is 1.96. The van der Waals surface area contributed by atoms with E-state index in [2.05, 4.69) is 14.8 Å². The Morgan fingerprint density at radius 2 is 2.12 bits per heavy atom. The molecule has 4 rings (SSSR count). The highest BCUT2D eigenvalue weighted by Crippen LogP contribution is 2.34. The molecule has 0 radical (unpaired) electrons. The van der Waals surface area contributed by atoms with E-state index in [1.807, 2.05) is 24.3 Å². The summed E-state index contributed by atoms with van der Waals surface area (Å²) in [6.45, 7) is -0.600. The lowest BCUT2D eigenvalue weighted by Gasteiger charge is -2.03. The van der Waals surface area contributed by atoms with Crippen molar-refractivity contribution in [3.8, 4) is 11.3 Å². The first kappa shape index (κ1) is 16.2. The van der Waals surface area contributed by atoms with Crippen molar-refractivity contribution in [2.75, 3.05) is 7.11 Å². The number of ether oxygens (including phenoxy) is 1. The van der Waals surface area contributed by atoms with Gasteiger partial charge < -0.3 is 9.15 Å². The Labute approximate surface area is 146 Å². The second kappa shape index (κ2) is 6.21. The van der Waals surface area contributed by atoms with E-state index < -0.39 is 18.9 Å². The summed E-state index contributed by atoms with van der Waals surface area (Å²) >= 11 is 0. The third-order valence-corrected chi connectivity index (χ3v) is 4.08. The lowest BCUT2D eigenvalue weighted by Crippen LogP contribution is -2.09. The molecule has 0 spiro atoms. The van der Waals surface area contributed by atoms with Crippen LogP contribution in [0.2, 0.25) is 0 Å². The molecule has 1 aromatic carbocycles. The Kier molecular flexibility index (Phi) is 3.87. The van der Waals surface area contributed by atoms with Crippen LogP contribution in [-0.2, 0) is 11.3 Å². The maximum atomic E-state index is 13.0. The van der Waals surface area contributed by atoms with Crippen molar-refractivity contribution in [1.82, 2.24) is 14.8 Å². The molecule has 0 unspecified atom stereocenters. The van der Waals surface area contributed by atoms with Crippen molar-refractivity contribution < 1.29 is 22.7 Å². The first-order valence-corrected chi connectivity index (χ1v) is 7.78. The van der Waals surface area contributed by atoms with Gasteiger partial charge in [0.2, 0.25) is 0 Å². The van der Waals surface area contributed by atoms with Crippen molar-refractivity contribution >= 4 is 27.8 Å². The zero-order chi connectivity index (χ0) is 18.3. The van der Waals surface area contributed by atoms with Gasteiger partial charge in [-0.05, 0) is 12.1 Å². The number of rotatable bonds is 4. The van der Waals surface area contributed by atoms with Crippen LogP contribution >= 0.6 is 0 Å². The van der Waals surface area contributed by atoms with Gasteiger partial charge in [-0.25, -0.2) is 18.6 Å². The fraction of sp³-hybridized carbons (Fsp3) is 0.167. The molecule has 0 atom stereocenters. The number of carbonyl (C=O) groups is 1. The Bertz CT molecular complexity index is 1120. The van der Waals surface area contributed by atoms with E-state index in [9.17, 15) is 13.6 Å². The molecular formula is C18H13F2N3O3. The standard InChI is InChI=1S/C18H13F2N3O3/c1-25-18(24)13-6-14-11(7-21-13)17(22-23(14)8-16(19)20)12-9-26-15-5-3-2-4-10(12)15/h2-7,9,16H,8H2,1H3. The second-order valence-electron chi connectivity index (χ2n) is 5.65. The molecule has 0 saturated carbocycles. The van der Waals surface area contributed by atoms with Crippen molar-refractivity contribution in [1.29, 1.82) is 0 Å². The zero-order valence-corrected chi connectivity index (χ0v) is 13.6. The molecule has 0 bridgehead atoms. The monoisotopic (exact) mass is 357 g/mol. The number of para-hydroxylation sites is 1. The average Bonchev–Trinajstić information content (AvgIpc) is 3.22. The second-order valence-corrected chi connectivity index (χ2v) is 5.65. The molecule has 0 amide bonds. The molecule has 0 saturated heterocycles. The number of fused-ring (bicyclic) bond motifs is 2. The molecule has 3 aromatic heterocycles. The first-order chi connectivity index (χ1) is 12.6. The average molecular weight is 357 g/mol. The predicted molar refractivity (Wildman–Crippen MR) is 90.1 cm³/mol. The fourth-order valence-corrected chi connectivity index (χ4v) is 2.92. The van der Waals surface area contributed by atoms with Gasteiger partial charge in [0.15, 0.2) is 5.69 Å². The van der Waals surface area contributed by atoms with Gasteiger partial charge in [-0.1, -0.05) is 18.2 Å². The number of aromatic nitrogens is 3. The van der Waals surface area contributed by atoms with E-state index in [0.717, 1.165) is 5.39 Å². The Hall–Kier alpha value is -3.29. The predicted octanol–water partition coefficient (Wildman–Crippen LogP) is 3.90. The maximum Gasteiger partial charge on any atom is 0.356 e. The molecule has 4 aromatic rings. The highest BCUT2D eigenvalue weighted by atomic mass is 19.3. The third-order valence-electron chi connectivity index (χ3n) is 4.08. The number of hydrogen-bond donors (Lipinski definition) is 0. The number of hydrogen-bond acceptors (Lipinski definition) is 5. The molecule has 3 heterocycles. The Morgan fingerprint density at radius 3 is 2.88 bits per heavy atom. The number of benzene rings is 1. The molecule has 0 aliphatic heterocycles. The molecule has 132 valence electrons. The van der Waals surface area contributed by atoms with E-state index in [1.165, 1.54) is 30.3 Å². The summed E-state index contributed by atoms with van der Waals surface area (Å²) in [6.07, 6.45) is 0.378. The maximum absolute atomic E-state index is 13.0. The molecule has 0 N–H and O–H groups in total. The molecular weight excluding hydrogens is 344 g/mol. The van der Waals surface area contributed by atoms with E-state index in [-0.39, 0.29) is 5.69 Å². The number of halogens is 2. The zero-order valence-electron chi connectivity index (χ0n) is 13.6. The lowest BCUT2D eigenvalue weighted by molar-refractivity contribution is 0.0594. The Morgan fingerprint density at radius 1 is 1.31 bits per heavy atom. The molecule has 0 aliphatic carbocycles. The summed E-state index contributed by atoms with van der Waals surface area (Å²) in [5, 5.41) is 5.69. The number of pyridine rings is 1. The highest BCUT2D eigenvalue weighted by Gasteiger charge is 2.20. The van der Waals surface area contributed by atoms with Gasteiger partial charge in [0.1, 0.15) is 24.1 Å². The highest BCUT2D eigenvalue weighted by molar-refractivity contribution is 6.03. The number of carbonyl (C=O) groups excluding carboxylic acids is 1. The topological polar surface area (TPSA) is 70.2 Å². The van der Waals surface area contributed by atoms with E-state index in [4.69, 9.17) is 4.42 Å². The van der Waals surface area contributed by atoms with Gasteiger partial charge in [-0.2, -0.15) is 5.10 Å². The van der Waals surface area contributed by atoms with Crippen LogP contribution in [0.3, 0.4) is 0 Å². The van der Waals surface area contributed by atoms with E-state index in [0.29, 0.717) is 27.7 Å². The minimum absolute atomic E-state index is 0.0269. The van der Waals surface area contributed by atoms with Crippen LogP contribution in [0.4, 0.5) is 8.78 Å². The van der Waals surface area contributed by atoms with Gasteiger partial charge in [-0.15, -0.1) is 0 Å². The minimum atomic E-state index is -2.60. The van der Waals surface area contributed by atoms with Crippen molar-refractivity contribution in [3.63, 3.8) is 0 Å². The van der Waals surface area contributed by atoms with Crippen LogP contribution in [0, 0.1) is 0 Å². The smallest absolute Gasteiger partial charge is 0.356 e. The van der Waals surface area contributed by atoms with Crippen molar-refractivity contribution in [2.24, 2.45) is 0 Å². The van der Waals surface area contributed by atoms with Gasteiger partial charge in [0.25, 0.3) is 6.43 Å². The van der Waals surface area contributed by atoms with Crippen LogP contribution in [0.25, 0.3) is 33.1 Å². The summed E-state index contributed by atoms with van der Waals surface area (Å²) in [7, 11) is 1.23. The van der Waals surface area contributed by atoms with Crippen molar-refractivity contribution in [2.45, 2.75) is 13.0 Å². The normalized spacial score (nSPS) is 11.5. The largest absolute Gasteiger partial charge is 0.464 e. The van der Waals surface area contributed by atoms with E-state index >= 15 is 0 Å². The summed E-state index contributed by atoms with van der Waals surface area (Å²) in [5.41, 5.74) is 2.21. The fourth-order valence-electron chi connectivity index (χ4n) is 2.92. The van der Waals surface area contributed by atoms with Crippen LogP contribution in [0.1, 0.15) is 10.5 Å². The van der Waals surface area contributed by atoms with Gasteiger partial charge in [0.05, 0.1) is 12.6 Å². The lowest BCUT2D eigenvalue weighted by atomic mass is 10.1. The van der Waals surface area contributed by atoms with Crippen LogP contribution in [0.5, 0.6) is 0 Å². The molecule has 0 fully saturated rings. The number of furan rings is 1. The summed E-state index contributed by atoms with van der Waals surface area (Å²) in [4.78, 5) is 15.8.